The van der Waals surface area contributed by atoms with Crippen LogP contribution in [0.4, 0.5) is 0 Å². The van der Waals surface area contributed by atoms with Crippen molar-refractivity contribution in [1.82, 2.24) is 15.0 Å². The first-order valence-electron chi connectivity index (χ1n) is 7.26. The van der Waals surface area contributed by atoms with Gasteiger partial charge in [-0.1, -0.05) is 0 Å². The number of carbonyl (C=O) groups is 1. The van der Waals surface area contributed by atoms with E-state index in [1.807, 2.05) is 13.8 Å². The van der Waals surface area contributed by atoms with Crippen LogP contribution in [0.15, 0.2) is 18.5 Å². The van der Waals surface area contributed by atoms with E-state index in [9.17, 15) is 4.79 Å². The molecule has 2 heterocycles. The lowest BCUT2D eigenvalue weighted by Crippen LogP contribution is -2.11. The Balaban J connectivity index is 1.96. The molecule has 0 atom stereocenters. The van der Waals surface area contributed by atoms with Crippen molar-refractivity contribution >= 4 is 17.3 Å². The van der Waals surface area contributed by atoms with Gasteiger partial charge in [-0.3, -0.25) is 0 Å². The van der Waals surface area contributed by atoms with Gasteiger partial charge in [0.25, 0.3) is 0 Å². The van der Waals surface area contributed by atoms with Crippen molar-refractivity contribution in [1.29, 1.82) is 5.26 Å². The zero-order valence-corrected chi connectivity index (χ0v) is 14.2. The number of hydrogen-bond donors (Lipinski definition) is 0. The molecule has 0 aliphatic carbocycles. The number of ether oxygens (including phenoxy) is 1. The lowest BCUT2D eigenvalue weighted by molar-refractivity contribution is 0.0495. The zero-order valence-electron chi connectivity index (χ0n) is 13.4. The van der Waals surface area contributed by atoms with Crippen LogP contribution in [-0.2, 0) is 4.74 Å². The van der Waals surface area contributed by atoms with Gasteiger partial charge in [0.2, 0.25) is 0 Å². The summed E-state index contributed by atoms with van der Waals surface area (Å²) in [6.07, 6.45) is 4.60. The summed E-state index contributed by atoms with van der Waals surface area (Å²) in [5.74, 6) is 0.104. The molecular formula is C16H18N4O2S. The van der Waals surface area contributed by atoms with E-state index < -0.39 is 11.4 Å². The van der Waals surface area contributed by atoms with E-state index in [0.717, 1.165) is 0 Å². The Hall–Kier alpha value is -2.33. The topological polar surface area (TPSA) is 88.8 Å². The second-order valence-electron chi connectivity index (χ2n) is 5.74. The fourth-order valence-electron chi connectivity index (χ4n) is 1.89. The van der Waals surface area contributed by atoms with Gasteiger partial charge in [0.1, 0.15) is 4.88 Å². The molecule has 120 valence electrons. The van der Waals surface area contributed by atoms with E-state index >= 15 is 0 Å². The van der Waals surface area contributed by atoms with Crippen molar-refractivity contribution in [3.05, 3.63) is 29.0 Å². The molecule has 0 aromatic carbocycles. The molecule has 0 spiro atoms. The molecule has 0 aliphatic rings. The molecule has 23 heavy (non-hydrogen) atoms. The highest BCUT2D eigenvalue weighted by atomic mass is 32.1. The fraction of sp³-hybridized carbons (Fsp3) is 0.438. The number of nitrogens with zero attached hydrogens (tertiary/aromatic N) is 4. The second kappa shape index (κ2) is 7.29. The van der Waals surface area contributed by atoms with Crippen molar-refractivity contribution in [3.63, 3.8) is 0 Å². The predicted molar refractivity (Wildman–Crippen MR) is 86.8 cm³/mol. The van der Waals surface area contributed by atoms with Crippen molar-refractivity contribution in [2.45, 2.75) is 33.6 Å². The summed E-state index contributed by atoms with van der Waals surface area (Å²) in [5.41, 5.74) is 0.213. The Kier molecular flexibility index (Phi) is 5.40. The summed E-state index contributed by atoms with van der Waals surface area (Å²) < 4.78 is 5.28. The van der Waals surface area contributed by atoms with Gasteiger partial charge in [-0.15, -0.1) is 11.3 Å². The lowest BCUT2D eigenvalue weighted by Gasteiger charge is -2.14. The lowest BCUT2D eigenvalue weighted by atomic mass is 9.90. The maximum Gasteiger partial charge on any atom is 0.350 e. The Morgan fingerprint density at radius 3 is 2.74 bits per heavy atom. The van der Waals surface area contributed by atoms with E-state index in [1.54, 1.807) is 25.4 Å². The standard InChI is InChI=1S/C16H18N4O2S/c1-11-12(15(21)22-9-4-6-16(2,3)10-17)23-14(20-11)13-18-7-5-8-19-13/h5,7-8H,4,6,9H2,1-3H3. The molecule has 2 aromatic heterocycles. The minimum absolute atomic E-state index is 0.290. The van der Waals surface area contributed by atoms with Crippen LogP contribution in [0.2, 0.25) is 0 Å². The van der Waals surface area contributed by atoms with E-state index in [2.05, 4.69) is 21.0 Å². The first kappa shape index (κ1) is 17.0. The number of thiazole rings is 1. The molecule has 0 radical (unpaired) electrons. The van der Waals surface area contributed by atoms with Crippen LogP contribution in [0, 0.1) is 23.7 Å². The van der Waals surface area contributed by atoms with Gasteiger partial charge < -0.3 is 4.74 Å². The molecule has 0 unspecified atom stereocenters. The zero-order chi connectivity index (χ0) is 16.9. The van der Waals surface area contributed by atoms with Crippen LogP contribution in [0.3, 0.4) is 0 Å². The Morgan fingerprint density at radius 1 is 1.39 bits per heavy atom. The molecule has 0 bridgehead atoms. The average molecular weight is 330 g/mol. The quantitative estimate of drug-likeness (QED) is 0.596. The Bertz CT molecular complexity index is 719. The number of rotatable bonds is 6. The third kappa shape index (κ3) is 4.57. The highest BCUT2D eigenvalue weighted by Gasteiger charge is 2.20. The molecule has 0 fully saturated rings. The summed E-state index contributed by atoms with van der Waals surface area (Å²) in [6.45, 7) is 5.79. The van der Waals surface area contributed by atoms with Gasteiger partial charge in [-0.05, 0) is 39.7 Å². The van der Waals surface area contributed by atoms with Crippen molar-refractivity contribution in [3.8, 4) is 16.9 Å². The van der Waals surface area contributed by atoms with E-state index in [0.29, 0.717) is 40.9 Å². The smallest absolute Gasteiger partial charge is 0.350 e. The molecule has 0 amide bonds. The molecule has 2 rings (SSSR count). The third-order valence-electron chi connectivity index (χ3n) is 3.22. The summed E-state index contributed by atoms with van der Waals surface area (Å²) >= 11 is 1.23. The number of esters is 1. The van der Waals surface area contributed by atoms with Crippen LogP contribution in [0.5, 0.6) is 0 Å². The second-order valence-corrected chi connectivity index (χ2v) is 6.74. The van der Waals surface area contributed by atoms with Crippen LogP contribution >= 0.6 is 11.3 Å². The fourth-order valence-corrected chi connectivity index (χ4v) is 2.80. The normalized spacial score (nSPS) is 11.0. The minimum Gasteiger partial charge on any atom is -0.461 e. The first-order valence-corrected chi connectivity index (χ1v) is 8.08. The van der Waals surface area contributed by atoms with E-state index in [-0.39, 0.29) is 0 Å². The van der Waals surface area contributed by atoms with Gasteiger partial charge in [0.15, 0.2) is 10.8 Å². The van der Waals surface area contributed by atoms with Crippen LogP contribution in [0.1, 0.15) is 42.1 Å². The highest BCUT2D eigenvalue weighted by Crippen LogP contribution is 2.26. The number of aromatic nitrogens is 3. The van der Waals surface area contributed by atoms with Gasteiger partial charge in [0, 0.05) is 12.4 Å². The summed E-state index contributed by atoms with van der Waals surface area (Å²) in [6, 6.07) is 3.95. The number of aryl methyl sites for hydroxylation is 1. The largest absolute Gasteiger partial charge is 0.461 e. The predicted octanol–water partition coefficient (Wildman–Crippen LogP) is 3.40. The Morgan fingerprint density at radius 2 is 2.09 bits per heavy atom. The van der Waals surface area contributed by atoms with Gasteiger partial charge in [-0.2, -0.15) is 5.26 Å². The van der Waals surface area contributed by atoms with Gasteiger partial charge >= 0.3 is 5.97 Å². The SMILES string of the molecule is Cc1nc(-c2ncccn2)sc1C(=O)OCCCC(C)(C)C#N. The van der Waals surface area contributed by atoms with Crippen molar-refractivity contribution < 1.29 is 9.53 Å². The van der Waals surface area contributed by atoms with Crippen molar-refractivity contribution in [2.24, 2.45) is 5.41 Å². The monoisotopic (exact) mass is 330 g/mol. The van der Waals surface area contributed by atoms with Crippen LogP contribution in [0.25, 0.3) is 10.8 Å². The summed E-state index contributed by atoms with van der Waals surface area (Å²) in [4.78, 5) is 25.2. The Labute approximate surface area is 139 Å². The number of carbonyl (C=O) groups excluding carboxylic acids is 1. The molecular weight excluding hydrogens is 312 g/mol. The molecule has 0 saturated heterocycles. The number of nitriles is 1. The summed E-state index contributed by atoms with van der Waals surface area (Å²) in [7, 11) is 0. The molecule has 6 nitrogen and oxygen atoms in total. The van der Waals surface area contributed by atoms with Gasteiger partial charge in [-0.25, -0.2) is 19.7 Å². The van der Waals surface area contributed by atoms with Crippen molar-refractivity contribution in [2.75, 3.05) is 6.61 Å². The number of hydrogen-bond acceptors (Lipinski definition) is 7. The van der Waals surface area contributed by atoms with Crippen LogP contribution < -0.4 is 0 Å². The average Bonchev–Trinajstić information content (AvgIpc) is 2.94. The highest BCUT2D eigenvalue weighted by molar-refractivity contribution is 7.16. The first-order chi connectivity index (χ1) is 10.9. The van der Waals surface area contributed by atoms with E-state index in [1.165, 1.54) is 11.3 Å². The van der Waals surface area contributed by atoms with Crippen LogP contribution in [-0.4, -0.2) is 27.5 Å². The van der Waals surface area contributed by atoms with E-state index in [4.69, 9.17) is 10.00 Å². The minimum atomic E-state index is -0.398. The molecule has 0 aliphatic heterocycles. The third-order valence-corrected chi connectivity index (χ3v) is 4.35. The molecule has 7 heteroatoms. The van der Waals surface area contributed by atoms with Gasteiger partial charge in [0.05, 0.1) is 23.8 Å². The summed E-state index contributed by atoms with van der Waals surface area (Å²) in [5, 5.41) is 9.55. The molecule has 0 saturated carbocycles. The maximum absolute atomic E-state index is 12.1. The molecule has 2 aromatic rings. The maximum atomic E-state index is 12.1. The molecule has 0 N–H and O–H groups in total.